The smallest absolute Gasteiger partial charge is 0.391 e. The van der Waals surface area contributed by atoms with E-state index in [1.54, 1.807) is 54.9 Å². The van der Waals surface area contributed by atoms with Crippen LogP contribution in [0.4, 0.5) is 34.9 Å². The fraction of sp³-hybridized carbons (Fsp3) is 0.483. The van der Waals surface area contributed by atoms with Gasteiger partial charge in [-0.05, 0) is 68.5 Å². The molecule has 2 aromatic carbocycles. The third kappa shape index (κ3) is 14.7. The van der Waals surface area contributed by atoms with Crippen LogP contribution in [0.5, 0.6) is 0 Å². The lowest BCUT2D eigenvalue weighted by atomic mass is 9.85. The van der Waals surface area contributed by atoms with Crippen molar-refractivity contribution in [2.75, 3.05) is 81.1 Å². The van der Waals surface area contributed by atoms with Crippen molar-refractivity contribution < 1.29 is 46.6 Å². The fourth-order valence-corrected chi connectivity index (χ4v) is 12.2. The summed E-state index contributed by atoms with van der Waals surface area (Å²) in [4.78, 5) is 108. The number of aliphatic hydroxyl groups excluding tert-OH is 1. The van der Waals surface area contributed by atoms with Gasteiger partial charge >= 0.3 is 6.18 Å². The number of carbonyl (C=O) groups excluding carboxylic acids is 5. The SMILES string of the molecule is Cc1ncsc1-c1ccc(CNC(=O)[C@@H]2C[C@@H](O)CN2C(=O)C(NC(=O)CCC(=O)N2CCN(Cc3cnc(N4CC=C(c5cc(NC(=O)c6c[nH]c(=O)cc6C(F)(F)F)c(N6C[C@@H](C)N(C)[C@@H](C)C6)cc5F)CC4)nc3)CC2)C(C)(C)C)cc1. The topological polar surface area (TPSA) is 233 Å². The molecule has 0 spiro atoms. The standard InChI is InChI=1S/C60H73F4N13O7S/c1-35-30-76(31-36(2)72(35)7)48-25-46(61)43(23-47(48)70-55(82)44-29-65-51(80)24-45(44)60(62,63)64)40-14-16-75(17-15-40)58-67-27-39(28-68-58)32-73-18-20-74(21-19-73)52(81)13-12-50(79)71-54(59(4,5)6)57(84)77-33-42(78)22-49(77)56(83)66-26-38-8-10-41(11-9-38)53-37(3)69-34-85-53/h8-11,14,23-25,27-29,34-36,42,49,54,78H,12-13,15-22,26,30-33H2,1-7H3,(H,65,80)(H,66,83)(H,70,82)(H,71,79)/t35-,36+,42-,49+,54?/m1/s1. The molecule has 4 aliphatic heterocycles. The molecule has 9 rings (SSSR count). The highest BCUT2D eigenvalue weighted by molar-refractivity contribution is 7.13. The van der Waals surface area contributed by atoms with Crippen molar-refractivity contribution in [1.29, 1.82) is 0 Å². The Bertz CT molecular complexity index is 3350. The largest absolute Gasteiger partial charge is 0.417 e. The maximum absolute atomic E-state index is 16.3. The predicted octanol–water partition coefficient (Wildman–Crippen LogP) is 6.06. The van der Waals surface area contributed by atoms with Crippen LogP contribution in [0.2, 0.25) is 0 Å². The maximum Gasteiger partial charge on any atom is 0.417 e. The summed E-state index contributed by atoms with van der Waals surface area (Å²) in [6.07, 6.45) is 0.320. The van der Waals surface area contributed by atoms with Gasteiger partial charge in [0.1, 0.15) is 17.9 Å². The van der Waals surface area contributed by atoms with Gasteiger partial charge in [-0.1, -0.05) is 51.1 Å². The molecule has 0 saturated carbocycles. The second-order valence-electron chi connectivity index (χ2n) is 23.6. The second-order valence-corrected chi connectivity index (χ2v) is 24.5. The molecule has 85 heavy (non-hydrogen) atoms. The number of anilines is 3. The Balaban J connectivity index is 0.749. The summed E-state index contributed by atoms with van der Waals surface area (Å²) in [6, 6.07) is 9.01. The summed E-state index contributed by atoms with van der Waals surface area (Å²) < 4.78 is 58.4. The van der Waals surface area contributed by atoms with Crippen LogP contribution in [0.1, 0.15) is 98.6 Å². The van der Waals surface area contributed by atoms with Crippen molar-refractivity contribution in [2.24, 2.45) is 5.41 Å². The van der Waals surface area contributed by atoms with Gasteiger partial charge in [-0.2, -0.15) is 13.2 Å². The fourth-order valence-electron chi connectivity index (χ4n) is 11.3. The number of piperazine rings is 2. The molecular formula is C60H73F4N13O7S. The first-order chi connectivity index (χ1) is 40.3. The number of pyridine rings is 1. The number of aromatic amines is 1. The molecule has 5 amide bonds. The van der Waals surface area contributed by atoms with Crippen LogP contribution in [0.25, 0.3) is 16.0 Å². The number of nitrogens with one attached hydrogen (secondary N) is 4. The number of likely N-dealkylation sites (tertiary alicyclic amines) is 1. The number of benzene rings is 2. The van der Waals surface area contributed by atoms with Crippen LogP contribution in [0.3, 0.4) is 0 Å². The van der Waals surface area contributed by atoms with Crippen molar-refractivity contribution in [1.82, 2.24) is 50.2 Å². The number of likely N-dealkylation sites (N-methyl/N-ethyl adjacent to an activating group) is 1. The number of alkyl halides is 3. The van der Waals surface area contributed by atoms with Crippen LogP contribution in [0, 0.1) is 18.2 Å². The molecule has 5 atom stereocenters. The first-order valence-corrected chi connectivity index (χ1v) is 29.4. The number of rotatable bonds is 16. The number of hydrogen-bond acceptors (Lipinski definition) is 15. The van der Waals surface area contributed by atoms with E-state index in [4.69, 9.17) is 0 Å². The van der Waals surface area contributed by atoms with Crippen molar-refractivity contribution in [3.63, 3.8) is 0 Å². The molecule has 0 bridgehead atoms. The summed E-state index contributed by atoms with van der Waals surface area (Å²) in [5.74, 6) is -2.79. The number of carbonyl (C=O) groups is 5. The number of H-pyrrole nitrogens is 1. The zero-order valence-electron chi connectivity index (χ0n) is 48.8. The molecule has 3 aromatic heterocycles. The molecule has 1 unspecified atom stereocenters. The molecule has 7 heterocycles. The molecule has 4 aliphatic rings. The molecule has 25 heteroatoms. The van der Waals surface area contributed by atoms with Gasteiger partial charge in [0.05, 0.1) is 44.7 Å². The number of hydrogen-bond donors (Lipinski definition) is 5. The minimum absolute atomic E-state index is 0.0411. The Kier molecular flexibility index (Phi) is 18.9. The van der Waals surface area contributed by atoms with Gasteiger partial charge in [0.15, 0.2) is 0 Å². The number of β-amino-alcohol motifs (C(OH)–C–C–N with tert-alkyl or cyclic N) is 1. The van der Waals surface area contributed by atoms with Crippen molar-refractivity contribution in [3.8, 4) is 10.4 Å². The first kappa shape index (κ1) is 61.9. The summed E-state index contributed by atoms with van der Waals surface area (Å²) in [5.41, 5.74) is 2.77. The van der Waals surface area contributed by atoms with Crippen LogP contribution >= 0.6 is 11.3 Å². The summed E-state index contributed by atoms with van der Waals surface area (Å²) in [5, 5.41) is 19.0. The molecule has 3 fully saturated rings. The Labute approximate surface area is 494 Å². The molecule has 454 valence electrons. The normalized spacial score (nSPS) is 20.3. The van der Waals surface area contributed by atoms with Crippen LogP contribution in [0.15, 0.2) is 77.4 Å². The van der Waals surface area contributed by atoms with E-state index >= 15 is 4.39 Å². The highest BCUT2D eigenvalue weighted by Crippen LogP contribution is 2.38. The minimum atomic E-state index is -4.99. The molecule has 0 radical (unpaired) electrons. The van der Waals surface area contributed by atoms with Crippen LogP contribution in [-0.2, 0) is 38.4 Å². The highest BCUT2D eigenvalue weighted by atomic mass is 32.1. The van der Waals surface area contributed by atoms with Gasteiger partial charge in [-0.25, -0.2) is 19.3 Å². The van der Waals surface area contributed by atoms with Gasteiger partial charge in [0.25, 0.3) is 5.91 Å². The number of halogens is 4. The monoisotopic (exact) mass is 1200 g/mol. The molecular weight excluding hydrogens is 1120 g/mol. The molecule has 5 N–H and O–H groups in total. The van der Waals surface area contributed by atoms with Gasteiger partial charge < -0.3 is 45.6 Å². The lowest BCUT2D eigenvalue weighted by Crippen LogP contribution is -2.57. The van der Waals surface area contributed by atoms with E-state index in [0.29, 0.717) is 88.6 Å². The van der Waals surface area contributed by atoms with Crippen molar-refractivity contribution in [2.45, 2.75) is 117 Å². The average Bonchev–Trinajstić information content (AvgIpc) is 4.18. The maximum atomic E-state index is 16.3. The average molecular weight is 1200 g/mol. The van der Waals surface area contributed by atoms with Gasteiger partial charge in [-0.15, -0.1) is 11.3 Å². The first-order valence-electron chi connectivity index (χ1n) is 28.5. The molecule has 20 nitrogen and oxygen atoms in total. The van der Waals surface area contributed by atoms with E-state index < -0.39 is 75.9 Å². The number of thiazole rings is 1. The quantitative estimate of drug-likeness (QED) is 0.0707. The van der Waals surface area contributed by atoms with Gasteiger partial charge in [0.2, 0.25) is 35.1 Å². The minimum Gasteiger partial charge on any atom is -0.391 e. The number of nitrogens with zero attached hydrogens (tertiary/aromatic N) is 9. The second kappa shape index (κ2) is 25.9. The Morgan fingerprint density at radius 1 is 0.882 bits per heavy atom. The van der Waals surface area contributed by atoms with Gasteiger partial charge in [0, 0.05) is 139 Å². The van der Waals surface area contributed by atoms with E-state index in [0.717, 1.165) is 33.5 Å². The lowest BCUT2D eigenvalue weighted by Gasteiger charge is -2.44. The van der Waals surface area contributed by atoms with E-state index in [1.807, 2.05) is 68.0 Å². The Hall–Kier alpha value is -7.61. The zero-order chi connectivity index (χ0) is 61.1. The van der Waals surface area contributed by atoms with E-state index in [1.165, 1.54) is 17.0 Å². The van der Waals surface area contributed by atoms with Crippen molar-refractivity contribution in [3.05, 3.63) is 122 Å². The third-order valence-corrected chi connectivity index (χ3v) is 17.4. The highest BCUT2D eigenvalue weighted by Gasteiger charge is 2.45. The Morgan fingerprint density at radius 2 is 1.58 bits per heavy atom. The van der Waals surface area contributed by atoms with Crippen molar-refractivity contribution >= 4 is 63.8 Å². The number of aliphatic hydroxyl groups is 1. The molecule has 0 aliphatic carbocycles. The van der Waals surface area contributed by atoms with E-state index in [-0.39, 0.29) is 61.6 Å². The zero-order valence-corrected chi connectivity index (χ0v) is 49.6. The number of aryl methyl sites for hydroxylation is 1. The Morgan fingerprint density at radius 3 is 2.20 bits per heavy atom. The van der Waals surface area contributed by atoms with Crippen LogP contribution < -0.4 is 31.3 Å². The molecule has 3 saturated heterocycles. The lowest BCUT2D eigenvalue weighted by molar-refractivity contribution is -0.144. The number of amides is 5. The van der Waals surface area contributed by atoms with Crippen LogP contribution in [-0.4, -0.2) is 170 Å². The van der Waals surface area contributed by atoms with E-state index in [2.05, 4.69) is 45.7 Å². The summed E-state index contributed by atoms with van der Waals surface area (Å²) in [6.45, 7) is 15.7. The summed E-state index contributed by atoms with van der Waals surface area (Å²) >= 11 is 1.55. The predicted molar refractivity (Wildman–Crippen MR) is 315 cm³/mol. The number of aromatic nitrogens is 4. The summed E-state index contributed by atoms with van der Waals surface area (Å²) in [7, 11) is 1.98. The van der Waals surface area contributed by atoms with E-state index in [9.17, 15) is 47.0 Å². The third-order valence-electron chi connectivity index (χ3n) is 16.4. The van der Waals surface area contributed by atoms with Gasteiger partial charge in [-0.3, -0.25) is 38.6 Å². The molecule has 5 aromatic rings.